The summed E-state index contributed by atoms with van der Waals surface area (Å²) < 4.78 is 5.01. The number of nitrogens with one attached hydrogen (secondary N) is 1. The Balaban J connectivity index is 1.78. The van der Waals surface area contributed by atoms with Gasteiger partial charge in [0.1, 0.15) is 10.0 Å². The second-order valence-electron chi connectivity index (χ2n) is 6.67. The molecule has 1 heterocycles. The normalized spacial score (nSPS) is 21.6. The van der Waals surface area contributed by atoms with Crippen molar-refractivity contribution in [2.75, 3.05) is 26.8 Å². The largest absolute Gasteiger partial charge is 0.383 e. The molecule has 120 valence electrons. The van der Waals surface area contributed by atoms with E-state index in [1.165, 1.54) is 35.7 Å². The maximum absolute atomic E-state index is 5.01. The van der Waals surface area contributed by atoms with Crippen molar-refractivity contribution in [1.29, 1.82) is 0 Å². The Bertz CT molecular complexity index is 419. The maximum Gasteiger partial charge on any atom is 0.121 e. The third-order valence-electron chi connectivity index (χ3n) is 4.51. The summed E-state index contributed by atoms with van der Waals surface area (Å²) in [4.78, 5) is 0. The molecule has 0 spiro atoms. The molecule has 5 heteroatoms. The van der Waals surface area contributed by atoms with Crippen LogP contribution in [-0.4, -0.2) is 37.0 Å². The number of hydrogen-bond acceptors (Lipinski definition) is 5. The highest BCUT2D eigenvalue weighted by Crippen LogP contribution is 2.47. The second kappa shape index (κ2) is 8.20. The van der Waals surface area contributed by atoms with Crippen molar-refractivity contribution in [2.45, 2.75) is 58.3 Å². The minimum Gasteiger partial charge on any atom is -0.383 e. The fourth-order valence-corrected chi connectivity index (χ4v) is 4.35. The molecule has 21 heavy (non-hydrogen) atoms. The van der Waals surface area contributed by atoms with Crippen molar-refractivity contribution in [3.05, 3.63) is 10.0 Å². The summed E-state index contributed by atoms with van der Waals surface area (Å²) in [5, 5.41) is 14.7. The first kappa shape index (κ1) is 16.8. The van der Waals surface area contributed by atoms with Crippen LogP contribution in [0.2, 0.25) is 0 Å². The van der Waals surface area contributed by atoms with E-state index in [1.54, 1.807) is 7.11 Å². The molecule has 1 aliphatic rings. The fourth-order valence-electron chi connectivity index (χ4n) is 3.12. The average molecular weight is 311 g/mol. The predicted molar refractivity (Wildman–Crippen MR) is 88.0 cm³/mol. The van der Waals surface area contributed by atoms with Crippen LogP contribution in [0.25, 0.3) is 0 Å². The van der Waals surface area contributed by atoms with Gasteiger partial charge in [-0.25, -0.2) is 0 Å². The van der Waals surface area contributed by atoms with Crippen LogP contribution >= 0.6 is 11.3 Å². The van der Waals surface area contributed by atoms with Gasteiger partial charge in [0, 0.05) is 26.0 Å². The summed E-state index contributed by atoms with van der Waals surface area (Å²) in [6.45, 7) is 7.50. The molecule has 0 aromatic carbocycles. The highest BCUT2D eigenvalue weighted by atomic mass is 32.1. The molecule has 1 aliphatic carbocycles. The van der Waals surface area contributed by atoms with E-state index in [1.807, 2.05) is 11.3 Å². The number of hydrogen-bond donors (Lipinski definition) is 1. The molecule has 1 atom stereocenters. The van der Waals surface area contributed by atoms with E-state index in [4.69, 9.17) is 4.74 Å². The summed E-state index contributed by atoms with van der Waals surface area (Å²) >= 11 is 1.84. The number of aryl methyl sites for hydroxylation is 1. The van der Waals surface area contributed by atoms with Crippen molar-refractivity contribution in [2.24, 2.45) is 5.41 Å². The Hall–Kier alpha value is -0.520. The lowest BCUT2D eigenvalue weighted by molar-refractivity contribution is 0.198. The van der Waals surface area contributed by atoms with Gasteiger partial charge >= 0.3 is 0 Å². The van der Waals surface area contributed by atoms with Gasteiger partial charge in [0.05, 0.1) is 6.61 Å². The lowest BCUT2D eigenvalue weighted by Crippen LogP contribution is -2.25. The van der Waals surface area contributed by atoms with Gasteiger partial charge in [0.25, 0.3) is 0 Å². The molecule has 0 radical (unpaired) electrons. The van der Waals surface area contributed by atoms with Gasteiger partial charge in [-0.15, -0.1) is 21.5 Å². The van der Waals surface area contributed by atoms with E-state index >= 15 is 0 Å². The zero-order valence-electron chi connectivity index (χ0n) is 13.7. The highest BCUT2D eigenvalue weighted by molar-refractivity contribution is 7.11. The van der Waals surface area contributed by atoms with Crippen LogP contribution < -0.4 is 5.32 Å². The fraction of sp³-hybridized carbons (Fsp3) is 0.875. The highest BCUT2D eigenvalue weighted by Gasteiger charge is 2.35. The summed E-state index contributed by atoms with van der Waals surface area (Å²) in [6.07, 6.45) is 7.45. The topological polar surface area (TPSA) is 47.0 Å². The molecule has 0 bridgehead atoms. The predicted octanol–water partition coefficient (Wildman–Crippen LogP) is 3.39. The number of nitrogens with zero attached hydrogens (tertiary/aromatic N) is 2. The van der Waals surface area contributed by atoms with Gasteiger partial charge in [-0.3, -0.25) is 0 Å². The summed E-state index contributed by atoms with van der Waals surface area (Å²) in [5.41, 5.74) is 0.386. The van der Waals surface area contributed by atoms with E-state index in [0.717, 1.165) is 32.5 Å². The third-order valence-corrected chi connectivity index (χ3v) is 5.61. The van der Waals surface area contributed by atoms with Crippen molar-refractivity contribution >= 4 is 11.3 Å². The van der Waals surface area contributed by atoms with E-state index < -0.39 is 0 Å². The number of rotatable bonds is 8. The third kappa shape index (κ3) is 5.01. The van der Waals surface area contributed by atoms with Crippen LogP contribution in [0.1, 0.15) is 61.9 Å². The minimum atomic E-state index is 0.386. The molecule has 2 rings (SSSR count). The van der Waals surface area contributed by atoms with Crippen molar-refractivity contribution in [1.82, 2.24) is 15.5 Å². The van der Waals surface area contributed by atoms with E-state index in [0.29, 0.717) is 11.3 Å². The number of ether oxygens (including phenoxy) is 1. The molecule has 0 aliphatic heterocycles. The van der Waals surface area contributed by atoms with E-state index in [9.17, 15) is 0 Å². The van der Waals surface area contributed by atoms with Crippen LogP contribution in [0.4, 0.5) is 0 Å². The Labute approximate surface area is 132 Å². The lowest BCUT2D eigenvalue weighted by atomic mass is 9.69. The van der Waals surface area contributed by atoms with Crippen LogP contribution in [0.3, 0.4) is 0 Å². The van der Waals surface area contributed by atoms with Gasteiger partial charge in [-0.2, -0.15) is 0 Å². The van der Waals surface area contributed by atoms with Crippen molar-refractivity contribution in [3.8, 4) is 0 Å². The Morgan fingerprint density at radius 3 is 2.90 bits per heavy atom. The van der Waals surface area contributed by atoms with Crippen molar-refractivity contribution < 1.29 is 4.74 Å². The SMILES string of the molecule is COCCNCCCc1nnc(C2CCCCC2(C)C)s1. The van der Waals surface area contributed by atoms with E-state index in [-0.39, 0.29) is 0 Å². The van der Waals surface area contributed by atoms with Gasteiger partial charge in [0.2, 0.25) is 0 Å². The van der Waals surface area contributed by atoms with Crippen molar-refractivity contribution in [3.63, 3.8) is 0 Å². The first-order valence-corrected chi connectivity index (χ1v) is 8.97. The Morgan fingerprint density at radius 1 is 1.29 bits per heavy atom. The minimum absolute atomic E-state index is 0.386. The first-order chi connectivity index (χ1) is 10.1. The molecule has 0 amide bonds. The zero-order valence-corrected chi connectivity index (χ0v) is 14.5. The van der Waals surface area contributed by atoms with E-state index in [2.05, 4.69) is 29.4 Å². The molecule has 1 N–H and O–H groups in total. The molecule has 0 saturated heterocycles. The molecule has 4 nitrogen and oxygen atoms in total. The smallest absolute Gasteiger partial charge is 0.121 e. The molecular formula is C16H29N3OS. The van der Waals surface area contributed by atoms with Crippen LogP contribution in [0.5, 0.6) is 0 Å². The molecule has 1 unspecified atom stereocenters. The zero-order chi connectivity index (χ0) is 15.1. The van der Waals surface area contributed by atoms with Gasteiger partial charge in [0.15, 0.2) is 0 Å². The van der Waals surface area contributed by atoms with Gasteiger partial charge in [-0.05, 0) is 31.2 Å². The van der Waals surface area contributed by atoms with Crippen LogP contribution in [-0.2, 0) is 11.2 Å². The molecule has 1 saturated carbocycles. The monoisotopic (exact) mass is 311 g/mol. The summed E-state index contributed by atoms with van der Waals surface area (Å²) in [5.74, 6) is 0.609. The van der Waals surface area contributed by atoms with Crippen LogP contribution in [0, 0.1) is 5.41 Å². The number of aromatic nitrogens is 2. The molecule has 1 aromatic heterocycles. The molecule has 1 fully saturated rings. The molecular weight excluding hydrogens is 282 g/mol. The summed E-state index contributed by atoms with van der Waals surface area (Å²) in [7, 11) is 1.73. The van der Waals surface area contributed by atoms with Crippen LogP contribution in [0.15, 0.2) is 0 Å². The maximum atomic E-state index is 5.01. The number of methoxy groups -OCH3 is 1. The Kier molecular flexibility index (Phi) is 6.58. The Morgan fingerprint density at radius 2 is 2.14 bits per heavy atom. The first-order valence-electron chi connectivity index (χ1n) is 8.15. The average Bonchev–Trinajstić information content (AvgIpc) is 2.90. The van der Waals surface area contributed by atoms with Gasteiger partial charge < -0.3 is 10.1 Å². The quantitative estimate of drug-likeness (QED) is 0.748. The second-order valence-corrected chi connectivity index (χ2v) is 7.76. The standard InChI is InChI=1S/C16H29N3OS/c1-16(2)9-5-4-7-13(16)15-19-18-14(21-15)8-6-10-17-11-12-20-3/h13,17H,4-12H2,1-3H3. The molecule has 1 aromatic rings. The summed E-state index contributed by atoms with van der Waals surface area (Å²) in [6, 6.07) is 0. The van der Waals surface area contributed by atoms with Gasteiger partial charge in [-0.1, -0.05) is 26.7 Å². The lowest BCUT2D eigenvalue weighted by Gasteiger charge is -2.37.